The summed E-state index contributed by atoms with van der Waals surface area (Å²) in [6, 6.07) is -0.158. The fraction of sp³-hybridized carbons (Fsp3) is 0.643. The minimum absolute atomic E-state index is 0. The SMILES string of the molecule is CC1CN(C(N)=O)C(C)(c2cnc(C3CC3)nc2)CN1.O. The molecule has 1 saturated heterocycles. The van der Waals surface area contributed by atoms with Crippen LogP contribution in [0.5, 0.6) is 0 Å². The van der Waals surface area contributed by atoms with Gasteiger partial charge in [0, 0.05) is 43.0 Å². The largest absolute Gasteiger partial charge is 0.412 e. The quantitative estimate of drug-likeness (QED) is 0.805. The maximum Gasteiger partial charge on any atom is 0.315 e. The van der Waals surface area contributed by atoms with Crippen molar-refractivity contribution in [3.8, 4) is 0 Å². The van der Waals surface area contributed by atoms with Crippen molar-refractivity contribution in [1.82, 2.24) is 20.2 Å². The van der Waals surface area contributed by atoms with Crippen LogP contribution >= 0.6 is 0 Å². The molecule has 2 heterocycles. The molecule has 0 radical (unpaired) electrons. The number of urea groups is 1. The van der Waals surface area contributed by atoms with E-state index in [-0.39, 0.29) is 11.5 Å². The number of nitrogens with two attached hydrogens (primary N) is 1. The van der Waals surface area contributed by atoms with Crippen LogP contribution in [0.4, 0.5) is 4.79 Å². The fourth-order valence-electron chi connectivity index (χ4n) is 2.77. The van der Waals surface area contributed by atoms with Crippen molar-refractivity contribution < 1.29 is 10.3 Å². The van der Waals surface area contributed by atoms with Gasteiger partial charge in [-0.05, 0) is 26.7 Å². The van der Waals surface area contributed by atoms with Gasteiger partial charge in [-0.3, -0.25) is 0 Å². The smallest absolute Gasteiger partial charge is 0.315 e. The highest BCUT2D eigenvalue weighted by Gasteiger charge is 2.41. The number of piperazine rings is 1. The molecule has 2 aliphatic rings. The Kier molecular flexibility index (Phi) is 4.15. The molecule has 1 saturated carbocycles. The number of amides is 2. The minimum atomic E-state index is -0.486. The number of nitrogens with one attached hydrogen (secondary N) is 1. The van der Waals surface area contributed by atoms with Gasteiger partial charge in [0.05, 0.1) is 5.54 Å². The van der Waals surface area contributed by atoms with Crippen LogP contribution in [0.1, 0.15) is 44.0 Å². The molecule has 0 spiro atoms. The highest BCUT2D eigenvalue weighted by molar-refractivity contribution is 5.73. The summed E-state index contributed by atoms with van der Waals surface area (Å²) in [7, 11) is 0. The van der Waals surface area contributed by atoms with Crippen LogP contribution in [0.25, 0.3) is 0 Å². The van der Waals surface area contributed by atoms with Gasteiger partial charge in [-0.25, -0.2) is 14.8 Å². The minimum Gasteiger partial charge on any atom is -0.412 e. The van der Waals surface area contributed by atoms with Crippen LogP contribution in [0.3, 0.4) is 0 Å². The summed E-state index contributed by atoms with van der Waals surface area (Å²) < 4.78 is 0. The number of hydrogen-bond acceptors (Lipinski definition) is 4. The summed E-state index contributed by atoms with van der Waals surface area (Å²) >= 11 is 0. The van der Waals surface area contributed by atoms with Gasteiger partial charge in [-0.15, -0.1) is 0 Å². The van der Waals surface area contributed by atoms with Crippen molar-refractivity contribution in [2.75, 3.05) is 13.1 Å². The Labute approximate surface area is 124 Å². The number of rotatable bonds is 2. The number of nitrogens with zero attached hydrogens (tertiary/aromatic N) is 3. The zero-order chi connectivity index (χ0) is 14.3. The standard InChI is InChI=1S/C14H21N5O.H2O/c1-9-7-19(13(15)20)14(2,8-18-9)11-5-16-12(17-6-11)10-3-4-10;/h5-6,9-10,18H,3-4,7-8H2,1-2H3,(H2,15,20);1H2. The average Bonchev–Trinajstić information content (AvgIpc) is 3.26. The van der Waals surface area contributed by atoms with E-state index in [0.29, 0.717) is 19.0 Å². The van der Waals surface area contributed by atoms with Crippen LogP contribution in [-0.2, 0) is 5.54 Å². The lowest BCUT2D eigenvalue weighted by Gasteiger charge is -2.46. The fourth-order valence-corrected chi connectivity index (χ4v) is 2.77. The topological polar surface area (TPSA) is 116 Å². The van der Waals surface area contributed by atoms with E-state index in [4.69, 9.17) is 5.73 Å². The van der Waals surface area contributed by atoms with Crippen molar-refractivity contribution in [2.45, 2.75) is 44.2 Å². The van der Waals surface area contributed by atoms with E-state index in [1.54, 1.807) is 4.90 Å². The number of carbonyl (C=O) groups excluding carboxylic acids is 1. The first-order valence-electron chi connectivity index (χ1n) is 7.13. The Hall–Kier alpha value is -1.73. The van der Waals surface area contributed by atoms with Gasteiger partial charge in [-0.2, -0.15) is 0 Å². The van der Waals surface area contributed by atoms with E-state index >= 15 is 0 Å². The van der Waals surface area contributed by atoms with Gasteiger partial charge in [-0.1, -0.05) is 0 Å². The van der Waals surface area contributed by atoms with Gasteiger partial charge in [0.15, 0.2) is 0 Å². The summed E-state index contributed by atoms with van der Waals surface area (Å²) in [5.74, 6) is 1.45. The molecular formula is C14H23N5O2. The number of carbonyl (C=O) groups is 1. The molecule has 1 aliphatic carbocycles. The molecule has 21 heavy (non-hydrogen) atoms. The Balaban J connectivity index is 0.00000161. The maximum absolute atomic E-state index is 11.8. The molecule has 3 rings (SSSR count). The molecule has 2 fully saturated rings. The van der Waals surface area contributed by atoms with Crippen LogP contribution in [0.2, 0.25) is 0 Å². The second-order valence-electron chi connectivity index (χ2n) is 6.11. The molecule has 116 valence electrons. The van der Waals surface area contributed by atoms with Crippen molar-refractivity contribution in [3.05, 3.63) is 23.8 Å². The average molecular weight is 293 g/mol. The Morgan fingerprint density at radius 1 is 1.43 bits per heavy atom. The summed E-state index contributed by atoms with van der Waals surface area (Å²) in [4.78, 5) is 22.4. The number of hydrogen-bond donors (Lipinski definition) is 2. The molecule has 2 amide bonds. The molecule has 1 aliphatic heterocycles. The molecule has 0 bridgehead atoms. The van der Waals surface area contributed by atoms with Gasteiger partial charge < -0.3 is 21.4 Å². The summed E-state index contributed by atoms with van der Waals surface area (Å²) in [6.45, 7) is 5.30. The normalized spacial score (nSPS) is 28.9. The predicted molar refractivity (Wildman–Crippen MR) is 78.7 cm³/mol. The van der Waals surface area contributed by atoms with Gasteiger partial charge in [0.2, 0.25) is 0 Å². The van der Waals surface area contributed by atoms with Crippen molar-refractivity contribution in [2.24, 2.45) is 5.73 Å². The van der Waals surface area contributed by atoms with E-state index in [2.05, 4.69) is 15.3 Å². The molecule has 1 aromatic rings. The van der Waals surface area contributed by atoms with Gasteiger partial charge in [0.1, 0.15) is 5.82 Å². The second kappa shape index (κ2) is 5.57. The molecule has 7 heteroatoms. The highest BCUT2D eigenvalue weighted by atomic mass is 16.2. The van der Waals surface area contributed by atoms with E-state index < -0.39 is 11.6 Å². The van der Waals surface area contributed by atoms with Crippen LogP contribution < -0.4 is 11.1 Å². The van der Waals surface area contributed by atoms with Crippen molar-refractivity contribution in [1.29, 1.82) is 0 Å². The Morgan fingerprint density at radius 2 is 2.05 bits per heavy atom. The zero-order valence-electron chi connectivity index (χ0n) is 12.5. The first-order valence-corrected chi connectivity index (χ1v) is 7.13. The third-order valence-electron chi connectivity index (χ3n) is 4.35. The molecule has 0 aromatic carbocycles. The predicted octanol–water partition coefficient (Wildman–Crippen LogP) is 0.117. The van der Waals surface area contributed by atoms with Crippen LogP contribution in [0, 0.1) is 0 Å². The monoisotopic (exact) mass is 293 g/mol. The van der Waals surface area contributed by atoms with Crippen molar-refractivity contribution >= 4 is 6.03 Å². The van der Waals surface area contributed by atoms with E-state index in [1.165, 1.54) is 12.8 Å². The second-order valence-corrected chi connectivity index (χ2v) is 6.11. The lowest BCUT2D eigenvalue weighted by Crippen LogP contribution is -2.63. The third kappa shape index (κ3) is 2.84. The summed E-state index contributed by atoms with van der Waals surface area (Å²) in [5, 5.41) is 3.40. The number of aromatic nitrogens is 2. The first-order chi connectivity index (χ1) is 9.50. The molecular weight excluding hydrogens is 270 g/mol. The van der Waals surface area contributed by atoms with E-state index in [1.807, 2.05) is 26.2 Å². The molecule has 5 N–H and O–H groups in total. The number of primary amides is 1. The van der Waals surface area contributed by atoms with Crippen molar-refractivity contribution in [3.63, 3.8) is 0 Å². The molecule has 2 unspecified atom stereocenters. The molecule has 1 aromatic heterocycles. The van der Waals surface area contributed by atoms with Gasteiger partial charge >= 0.3 is 6.03 Å². The van der Waals surface area contributed by atoms with Crippen LogP contribution in [0.15, 0.2) is 12.4 Å². The maximum atomic E-state index is 11.8. The Morgan fingerprint density at radius 3 is 2.57 bits per heavy atom. The lowest BCUT2D eigenvalue weighted by atomic mass is 9.89. The van der Waals surface area contributed by atoms with Crippen LogP contribution in [-0.4, -0.2) is 45.5 Å². The van der Waals surface area contributed by atoms with E-state index in [0.717, 1.165) is 11.4 Å². The first kappa shape index (κ1) is 15.7. The Bertz CT molecular complexity index is 517. The highest BCUT2D eigenvalue weighted by Crippen LogP contribution is 2.38. The summed E-state index contributed by atoms with van der Waals surface area (Å²) in [5.41, 5.74) is 5.99. The summed E-state index contributed by atoms with van der Waals surface area (Å²) in [6.07, 6.45) is 6.05. The van der Waals surface area contributed by atoms with E-state index in [9.17, 15) is 4.79 Å². The third-order valence-corrected chi connectivity index (χ3v) is 4.35. The zero-order valence-corrected chi connectivity index (χ0v) is 12.5. The molecule has 7 nitrogen and oxygen atoms in total. The van der Waals surface area contributed by atoms with Gasteiger partial charge in [0.25, 0.3) is 0 Å². The molecule has 2 atom stereocenters. The lowest BCUT2D eigenvalue weighted by molar-refractivity contribution is 0.0875.